The average molecular weight is 270 g/mol. The summed E-state index contributed by atoms with van der Waals surface area (Å²) in [6.45, 7) is 4.12. The monoisotopic (exact) mass is 270 g/mol. The van der Waals surface area contributed by atoms with Gasteiger partial charge in [0.25, 0.3) is 0 Å². The van der Waals surface area contributed by atoms with Crippen LogP contribution in [0.15, 0.2) is 0 Å². The van der Waals surface area contributed by atoms with Crippen molar-refractivity contribution in [1.82, 2.24) is 5.32 Å². The zero-order chi connectivity index (χ0) is 14.3. The Morgan fingerprint density at radius 1 is 1.37 bits per heavy atom. The van der Waals surface area contributed by atoms with Crippen LogP contribution >= 0.6 is 0 Å². The van der Waals surface area contributed by atoms with E-state index in [1.807, 2.05) is 0 Å². The summed E-state index contributed by atoms with van der Waals surface area (Å²) in [5, 5.41) is 12.2. The molecule has 2 aliphatic rings. The van der Waals surface area contributed by atoms with Gasteiger partial charge >= 0.3 is 5.97 Å². The molecule has 0 bridgehead atoms. The number of carboxylic acid groups (broad SMARTS) is 1. The molecule has 0 aromatic rings. The second-order valence-corrected chi connectivity index (χ2v) is 6.18. The number of carbonyl (C=O) groups excluding carboxylic acids is 1. The Kier molecular flexibility index (Phi) is 3.57. The molecule has 4 unspecified atom stereocenters. The molecule has 0 radical (unpaired) electrons. The second kappa shape index (κ2) is 4.76. The van der Waals surface area contributed by atoms with Gasteiger partial charge in [0, 0.05) is 12.1 Å². The minimum absolute atomic E-state index is 0.197. The number of nitrogens with two attached hydrogens (primary N) is 1. The van der Waals surface area contributed by atoms with Crippen LogP contribution in [0.4, 0.5) is 0 Å². The Hall–Kier alpha value is -1.14. The largest absolute Gasteiger partial charge is 0.481 e. The number of hydrogen-bond donors (Lipinski definition) is 3. The number of ether oxygens (including phenoxy) is 1. The number of carbonyl (C=O) groups is 2. The number of rotatable bonds is 3. The number of aliphatic carboxylic acids is 1. The summed E-state index contributed by atoms with van der Waals surface area (Å²) in [7, 11) is 0. The molecular weight excluding hydrogens is 248 g/mol. The fraction of sp³-hybridized carbons (Fsp3) is 0.846. The van der Waals surface area contributed by atoms with Crippen molar-refractivity contribution in [2.75, 3.05) is 13.2 Å². The van der Waals surface area contributed by atoms with Gasteiger partial charge in [-0.05, 0) is 26.7 Å². The molecule has 1 amide bonds. The minimum atomic E-state index is -0.879. The van der Waals surface area contributed by atoms with Crippen LogP contribution in [-0.4, -0.2) is 42.3 Å². The average Bonchev–Trinajstić information content (AvgIpc) is 2.87. The quantitative estimate of drug-likeness (QED) is 0.675. The van der Waals surface area contributed by atoms with E-state index in [1.54, 1.807) is 13.8 Å². The predicted octanol–water partition coefficient (Wildman–Crippen LogP) is 0.110. The van der Waals surface area contributed by atoms with Gasteiger partial charge in [-0.2, -0.15) is 0 Å². The number of amides is 1. The molecule has 1 saturated heterocycles. The highest BCUT2D eigenvalue weighted by molar-refractivity contribution is 5.85. The third-order valence-corrected chi connectivity index (χ3v) is 4.79. The van der Waals surface area contributed by atoms with Crippen molar-refractivity contribution in [1.29, 1.82) is 0 Å². The highest BCUT2D eigenvalue weighted by Crippen LogP contribution is 2.39. The second-order valence-electron chi connectivity index (χ2n) is 6.18. The normalized spacial score (nSPS) is 42.3. The molecule has 4 atom stereocenters. The third-order valence-electron chi connectivity index (χ3n) is 4.79. The maximum atomic E-state index is 12.4. The Morgan fingerprint density at radius 3 is 2.58 bits per heavy atom. The molecule has 1 aliphatic carbocycles. The highest BCUT2D eigenvalue weighted by atomic mass is 16.5. The Bertz CT molecular complexity index is 400. The molecule has 1 heterocycles. The van der Waals surface area contributed by atoms with Gasteiger partial charge in [0.05, 0.1) is 24.0 Å². The zero-order valence-electron chi connectivity index (χ0n) is 11.4. The van der Waals surface area contributed by atoms with Crippen LogP contribution in [0.3, 0.4) is 0 Å². The molecule has 2 fully saturated rings. The van der Waals surface area contributed by atoms with Gasteiger partial charge in [0.2, 0.25) is 5.91 Å². The maximum Gasteiger partial charge on any atom is 0.311 e. The summed E-state index contributed by atoms with van der Waals surface area (Å²) in [4.78, 5) is 23.8. The van der Waals surface area contributed by atoms with Gasteiger partial charge in [-0.3, -0.25) is 9.59 Å². The van der Waals surface area contributed by atoms with Crippen LogP contribution in [0, 0.1) is 10.8 Å². The van der Waals surface area contributed by atoms with Crippen molar-refractivity contribution in [2.45, 2.75) is 45.2 Å². The van der Waals surface area contributed by atoms with Crippen molar-refractivity contribution >= 4 is 11.9 Å². The first-order chi connectivity index (χ1) is 8.80. The van der Waals surface area contributed by atoms with Crippen molar-refractivity contribution in [3.05, 3.63) is 0 Å². The lowest BCUT2D eigenvalue weighted by Crippen LogP contribution is -2.55. The summed E-state index contributed by atoms with van der Waals surface area (Å²) in [5.74, 6) is -1.05. The van der Waals surface area contributed by atoms with Gasteiger partial charge in [0.15, 0.2) is 0 Å². The molecule has 0 aromatic heterocycles. The van der Waals surface area contributed by atoms with E-state index >= 15 is 0 Å². The number of nitrogens with one attached hydrogen (secondary N) is 1. The molecule has 108 valence electrons. The van der Waals surface area contributed by atoms with E-state index in [1.165, 1.54) is 0 Å². The van der Waals surface area contributed by atoms with Crippen LogP contribution < -0.4 is 11.1 Å². The number of carboxylic acids is 1. The fourth-order valence-electron chi connectivity index (χ4n) is 2.90. The van der Waals surface area contributed by atoms with Gasteiger partial charge < -0.3 is 20.9 Å². The smallest absolute Gasteiger partial charge is 0.311 e. The van der Waals surface area contributed by atoms with Crippen LogP contribution in [0.5, 0.6) is 0 Å². The Labute approximate surface area is 112 Å². The Balaban J connectivity index is 2.09. The predicted molar refractivity (Wildman–Crippen MR) is 68.4 cm³/mol. The summed E-state index contributed by atoms with van der Waals surface area (Å²) < 4.78 is 5.26. The first-order valence-corrected chi connectivity index (χ1v) is 6.68. The first-order valence-electron chi connectivity index (χ1n) is 6.68. The molecule has 4 N–H and O–H groups in total. The lowest BCUT2D eigenvalue weighted by atomic mass is 9.81. The molecular formula is C13H22N2O4. The van der Waals surface area contributed by atoms with Crippen LogP contribution in [-0.2, 0) is 14.3 Å². The summed E-state index contributed by atoms with van der Waals surface area (Å²) in [5.41, 5.74) is 4.27. The number of hydrogen-bond acceptors (Lipinski definition) is 4. The van der Waals surface area contributed by atoms with E-state index < -0.39 is 16.8 Å². The molecule has 6 nitrogen and oxygen atoms in total. The van der Waals surface area contributed by atoms with Gasteiger partial charge in [-0.1, -0.05) is 6.42 Å². The van der Waals surface area contributed by atoms with Gasteiger partial charge in [0.1, 0.15) is 0 Å². The zero-order valence-corrected chi connectivity index (χ0v) is 11.4. The summed E-state index contributed by atoms with van der Waals surface area (Å²) in [6.07, 6.45) is 2.10. The lowest BCUT2D eigenvalue weighted by Gasteiger charge is -2.32. The van der Waals surface area contributed by atoms with Crippen LogP contribution in [0.1, 0.15) is 33.1 Å². The summed E-state index contributed by atoms with van der Waals surface area (Å²) >= 11 is 0. The standard InChI is InChI=1S/C13H22N2O4/c1-12(11(17)18)5-3-4-9(12)15-10(16)13(2)7-19-6-8(13)14/h8-9H,3-7,14H2,1-2H3,(H,15,16)(H,17,18). The van der Waals surface area contributed by atoms with Crippen molar-refractivity contribution in [3.63, 3.8) is 0 Å². The van der Waals surface area contributed by atoms with E-state index in [0.717, 1.165) is 6.42 Å². The van der Waals surface area contributed by atoms with Gasteiger partial charge in [-0.15, -0.1) is 0 Å². The van der Waals surface area contributed by atoms with E-state index in [9.17, 15) is 14.7 Å². The molecule has 1 aliphatic heterocycles. The molecule has 0 spiro atoms. The van der Waals surface area contributed by atoms with Crippen LogP contribution in [0.25, 0.3) is 0 Å². The van der Waals surface area contributed by atoms with E-state index in [4.69, 9.17) is 10.5 Å². The molecule has 2 rings (SSSR count). The lowest BCUT2D eigenvalue weighted by molar-refractivity contribution is -0.149. The van der Waals surface area contributed by atoms with Crippen molar-refractivity contribution < 1.29 is 19.4 Å². The first kappa shape index (κ1) is 14.3. The Morgan fingerprint density at radius 2 is 2.05 bits per heavy atom. The van der Waals surface area contributed by atoms with Gasteiger partial charge in [-0.25, -0.2) is 0 Å². The third kappa shape index (κ3) is 2.23. The topological polar surface area (TPSA) is 102 Å². The fourth-order valence-corrected chi connectivity index (χ4v) is 2.90. The molecule has 1 saturated carbocycles. The summed E-state index contributed by atoms with van der Waals surface area (Å²) in [6, 6.07) is -0.674. The van der Waals surface area contributed by atoms with E-state index in [0.29, 0.717) is 19.4 Å². The van der Waals surface area contributed by atoms with Crippen LogP contribution in [0.2, 0.25) is 0 Å². The SMILES string of the molecule is CC1(C(=O)NC2CCCC2(C)C(=O)O)COCC1N. The highest BCUT2D eigenvalue weighted by Gasteiger charge is 2.50. The minimum Gasteiger partial charge on any atom is -0.481 e. The molecule has 19 heavy (non-hydrogen) atoms. The maximum absolute atomic E-state index is 12.4. The molecule has 6 heteroatoms. The van der Waals surface area contributed by atoms with Crippen molar-refractivity contribution in [3.8, 4) is 0 Å². The van der Waals surface area contributed by atoms with Crippen molar-refractivity contribution in [2.24, 2.45) is 16.6 Å². The molecule has 0 aromatic carbocycles. The van der Waals surface area contributed by atoms with E-state index in [2.05, 4.69) is 5.32 Å². The van der Waals surface area contributed by atoms with E-state index in [-0.39, 0.29) is 24.6 Å².